The Bertz CT molecular complexity index is 759. The minimum atomic E-state index is -0.404. The van der Waals surface area contributed by atoms with E-state index >= 15 is 0 Å². The second-order valence-electron chi connectivity index (χ2n) is 6.14. The number of rotatable bonds is 6. The van der Waals surface area contributed by atoms with Crippen molar-refractivity contribution in [1.82, 2.24) is 0 Å². The fourth-order valence-corrected chi connectivity index (χ4v) is 3.85. The molecular weight excluding hydrogens is 332 g/mol. The van der Waals surface area contributed by atoms with Crippen LogP contribution >= 0.6 is 11.8 Å². The summed E-state index contributed by atoms with van der Waals surface area (Å²) in [5, 5.41) is 5.35. The van der Waals surface area contributed by atoms with Gasteiger partial charge in [0.05, 0.1) is 10.9 Å². The molecule has 2 aromatic rings. The van der Waals surface area contributed by atoms with Crippen LogP contribution in [0.2, 0.25) is 0 Å². The molecule has 4 nitrogen and oxygen atoms in total. The molecule has 3 rings (SSSR count). The third kappa shape index (κ3) is 4.63. The van der Waals surface area contributed by atoms with Gasteiger partial charge in [-0.15, -0.1) is 11.8 Å². The predicted octanol–water partition coefficient (Wildman–Crippen LogP) is 4.47. The number of fused-ring (bicyclic) bond motifs is 1. The molecule has 5 heteroatoms. The number of aryl methyl sites for hydroxylation is 1. The van der Waals surface area contributed by atoms with Crippen molar-refractivity contribution in [2.75, 3.05) is 10.6 Å². The van der Waals surface area contributed by atoms with Crippen LogP contribution in [0.5, 0.6) is 0 Å². The number of unbranched alkanes of at least 4 members (excludes halogenated alkanes) is 1. The SMILES string of the molecule is CCCCc1ccc(NC(=O)C[C@H]2Sc3ccccc3NC2=O)cc1. The molecule has 1 atom stereocenters. The smallest absolute Gasteiger partial charge is 0.238 e. The Morgan fingerprint density at radius 2 is 1.92 bits per heavy atom. The maximum Gasteiger partial charge on any atom is 0.238 e. The number of anilines is 2. The molecular formula is C20H22N2O2S. The second-order valence-corrected chi connectivity index (χ2v) is 7.39. The quantitative estimate of drug-likeness (QED) is 0.804. The zero-order valence-electron chi connectivity index (χ0n) is 14.2. The lowest BCUT2D eigenvalue weighted by Crippen LogP contribution is -2.32. The van der Waals surface area contributed by atoms with Gasteiger partial charge in [-0.2, -0.15) is 0 Å². The van der Waals surface area contributed by atoms with Gasteiger partial charge in [-0.05, 0) is 42.7 Å². The van der Waals surface area contributed by atoms with Gasteiger partial charge in [0.2, 0.25) is 11.8 Å². The van der Waals surface area contributed by atoms with Gasteiger partial charge in [-0.3, -0.25) is 9.59 Å². The topological polar surface area (TPSA) is 58.2 Å². The van der Waals surface area contributed by atoms with Crippen molar-refractivity contribution < 1.29 is 9.59 Å². The van der Waals surface area contributed by atoms with Gasteiger partial charge >= 0.3 is 0 Å². The lowest BCUT2D eigenvalue weighted by Gasteiger charge is -2.23. The molecule has 2 aromatic carbocycles. The van der Waals surface area contributed by atoms with Crippen LogP contribution in [0.3, 0.4) is 0 Å². The van der Waals surface area contributed by atoms with Gasteiger partial charge in [-0.25, -0.2) is 0 Å². The van der Waals surface area contributed by atoms with E-state index in [1.807, 2.05) is 48.5 Å². The van der Waals surface area contributed by atoms with Gasteiger partial charge in [0, 0.05) is 17.0 Å². The van der Waals surface area contributed by atoms with E-state index in [2.05, 4.69) is 17.6 Å². The molecule has 0 aliphatic carbocycles. The molecule has 0 aromatic heterocycles. The lowest BCUT2D eigenvalue weighted by atomic mass is 10.1. The summed E-state index contributed by atoms with van der Waals surface area (Å²) in [4.78, 5) is 25.5. The number of carbonyl (C=O) groups excluding carboxylic acids is 2. The zero-order chi connectivity index (χ0) is 17.6. The van der Waals surface area contributed by atoms with Crippen molar-refractivity contribution in [3.8, 4) is 0 Å². The van der Waals surface area contributed by atoms with Crippen LogP contribution in [-0.2, 0) is 16.0 Å². The van der Waals surface area contributed by atoms with Crippen LogP contribution in [0.15, 0.2) is 53.4 Å². The molecule has 0 radical (unpaired) electrons. The van der Waals surface area contributed by atoms with Crippen LogP contribution in [0.25, 0.3) is 0 Å². The van der Waals surface area contributed by atoms with E-state index in [4.69, 9.17) is 0 Å². The maximum absolute atomic E-state index is 12.3. The summed E-state index contributed by atoms with van der Waals surface area (Å²) in [7, 11) is 0. The lowest BCUT2D eigenvalue weighted by molar-refractivity contribution is -0.120. The Balaban J connectivity index is 1.56. The number of hydrogen-bond acceptors (Lipinski definition) is 3. The average molecular weight is 354 g/mol. The number of para-hydroxylation sites is 1. The van der Waals surface area contributed by atoms with Crippen molar-refractivity contribution in [3.05, 3.63) is 54.1 Å². The molecule has 2 N–H and O–H groups in total. The van der Waals surface area contributed by atoms with Gasteiger partial charge in [-0.1, -0.05) is 37.6 Å². The highest BCUT2D eigenvalue weighted by molar-refractivity contribution is 8.01. The molecule has 0 spiro atoms. The van der Waals surface area contributed by atoms with Gasteiger partial charge in [0.1, 0.15) is 0 Å². The molecule has 130 valence electrons. The average Bonchev–Trinajstić information content (AvgIpc) is 2.62. The van der Waals surface area contributed by atoms with E-state index in [0.717, 1.165) is 22.7 Å². The van der Waals surface area contributed by atoms with E-state index in [1.54, 1.807) is 0 Å². The van der Waals surface area contributed by atoms with Gasteiger partial charge in [0.15, 0.2) is 0 Å². The first-order valence-corrected chi connectivity index (χ1v) is 9.49. The molecule has 0 unspecified atom stereocenters. The van der Waals surface area contributed by atoms with E-state index in [0.29, 0.717) is 0 Å². The van der Waals surface area contributed by atoms with Crippen LogP contribution in [0, 0.1) is 0 Å². The van der Waals surface area contributed by atoms with Crippen molar-refractivity contribution >= 4 is 35.0 Å². The monoisotopic (exact) mass is 354 g/mol. The normalized spacial score (nSPS) is 16.0. The van der Waals surface area contributed by atoms with Crippen molar-refractivity contribution in [3.63, 3.8) is 0 Å². The summed E-state index contributed by atoms with van der Waals surface area (Å²) in [6.45, 7) is 2.17. The number of thioether (sulfide) groups is 1. The molecule has 1 aliphatic rings. The van der Waals surface area contributed by atoms with Crippen molar-refractivity contribution in [1.29, 1.82) is 0 Å². The number of benzene rings is 2. The Morgan fingerprint density at radius 3 is 2.68 bits per heavy atom. The standard InChI is InChI=1S/C20H22N2O2S/c1-2-3-6-14-9-11-15(12-10-14)21-19(23)13-18-20(24)22-16-7-4-5-8-17(16)25-18/h4-5,7-12,18H,2-3,6,13H2,1H3,(H,21,23)(H,22,24)/t18-/m1/s1. The minimum Gasteiger partial charge on any atom is -0.326 e. The minimum absolute atomic E-state index is 0.117. The molecule has 1 heterocycles. The van der Waals surface area contributed by atoms with Gasteiger partial charge in [0.25, 0.3) is 0 Å². The molecule has 0 fully saturated rings. The van der Waals surface area contributed by atoms with Crippen LogP contribution in [0.4, 0.5) is 11.4 Å². The molecule has 0 bridgehead atoms. The second kappa shape index (κ2) is 8.21. The first kappa shape index (κ1) is 17.5. The summed E-state index contributed by atoms with van der Waals surface area (Å²) >= 11 is 1.44. The zero-order valence-corrected chi connectivity index (χ0v) is 15.1. The van der Waals surface area contributed by atoms with Crippen molar-refractivity contribution in [2.24, 2.45) is 0 Å². The fourth-order valence-electron chi connectivity index (χ4n) is 2.74. The van der Waals surface area contributed by atoms with E-state index in [9.17, 15) is 9.59 Å². The molecule has 0 saturated carbocycles. The first-order valence-electron chi connectivity index (χ1n) is 8.61. The van der Waals surface area contributed by atoms with Gasteiger partial charge < -0.3 is 10.6 Å². The number of amides is 2. The summed E-state index contributed by atoms with van der Waals surface area (Å²) in [6, 6.07) is 15.6. The Kier molecular flexibility index (Phi) is 5.76. The summed E-state index contributed by atoms with van der Waals surface area (Å²) in [6.07, 6.45) is 3.55. The summed E-state index contributed by atoms with van der Waals surface area (Å²) < 4.78 is 0. The predicted molar refractivity (Wildman–Crippen MR) is 103 cm³/mol. The molecule has 2 amide bonds. The Hall–Kier alpha value is -2.27. The maximum atomic E-state index is 12.3. The number of carbonyl (C=O) groups is 2. The number of hydrogen-bond donors (Lipinski definition) is 2. The summed E-state index contributed by atoms with van der Waals surface area (Å²) in [5.74, 6) is -0.262. The van der Waals surface area contributed by atoms with Crippen LogP contribution in [0.1, 0.15) is 31.7 Å². The molecule has 0 saturated heterocycles. The van der Waals surface area contributed by atoms with E-state index in [-0.39, 0.29) is 18.2 Å². The van der Waals surface area contributed by atoms with E-state index < -0.39 is 5.25 Å². The third-order valence-corrected chi connectivity index (χ3v) is 5.41. The largest absolute Gasteiger partial charge is 0.326 e. The van der Waals surface area contributed by atoms with Crippen molar-refractivity contribution in [2.45, 2.75) is 42.8 Å². The van der Waals surface area contributed by atoms with E-state index in [1.165, 1.54) is 30.2 Å². The Morgan fingerprint density at radius 1 is 1.16 bits per heavy atom. The first-order chi connectivity index (χ1) is 12.2. The van der Waals surface area contributed by atoms with Crippen LogP contribution in [-0.4, -0.2) is 17.1 Å². The summed E-state index contributed by atoms with van der Waals surface area (Å²) in [5.41, 5.74) is 2.86. The van der Waals surface area contributed by atoms with Crippen LogP contribution < -0.4 is 10.6 Å². The highest BCUT2D eigenvalue weighted by Crippen LogP contribution is 2.36. The number of nitrogens with one attached hydrogen (secondary N) is 2. The fraction of sp³-hybridized carbons (Fsp3) is 0.300. The molecule has 25 heavy (non-hydrogen) atoms. The Labute approximate surface area is 152 Å². The molecule has 1 aliphatic heterocycles. The highest BCUT2D eigenvalue weighted by Gasteiger charge is 2.28. The highest BCUT2D eigenvalue weighted by atomic mass is 32.2. The third-order valence-electron chi connectivity index (χ3n) is 4.13.